The number of alkyl halides is 3. The minimum atomic E-state index is -4.61. The second-order valence-corrected chi connectivity index (χ2v) is 8.33. The minimum Gasteiger partial charge on any atom is -0.387 e. The number of carbonyl (C=O) groups is 1. The molecule has 0 radical (unpaired) electrons. The van der Waals surface area contributed by atoms with Gasteiger partial charge in [0.2, 0.25) is 0 Å². The van der Waals surface area contributed by atoms with Crippen LogP contribution in [0.5, 0.6) is 0 Å². The van der Waals surface area contributed by atoms with Crippen LogP contribution in [0.25, 0.3) is 0 Å². The molecule has 0 unspecified atom stereocenters. The van der Waals surface area contributed by atoms with Crippen molar-refractivity contribution in [3.63, 3.8) is 0 Å². The first-order valence-electron chi connectivity index (χ1n) is 8.96. The Balaban J connectivity index is 2.14. The van der Waals surface area contributed by atoms with Gasteiger partial charge in [-0.3, -0.25) is 4.79 Å². The van der Waals surface area contributed by atoms with Crippen LogP contribution in [-0.2, 0) is 11.0 Å². The van der Waals surface area contributed by atoms with Crippen LogP contribution in [0, 0.1) is 11.3 Å². The number of rotatable bonds is 4. The van der Waals surface area contributed by atoms with Crippen LogP contribution in [0.4, 0.5) is 18.9 Å². The van der Waals surface area contributed by atoms with E-state index in [1.54, 1.807) is 6.07 Å². The van der Waals surface area contributed by atoms with Crippen LogP contribution >= 0.6 is 0 Å². The van der Waals surface area contributed by atoms with Gasteiger partial charge in [0, 0.05) is 23.3 Å². The largest absolute Gasteiger partial charge is 0.418 e. The molecule has 1 heterocycles. The number of piperidine rings is 1. The first-order valence-corrected chi connectivity index (χ1v) is 8.96. The fourth-order valence-corrected chi connectivity index (χ4v) is 3.82. The highest BCUT2D eigenvalue weighted by Gasteiger charge is 2.37. The zero-order valence-electron chi connectivity index (χ0n) is 16.4. The predicted octanol–water partition coefficient (Wildman–Crippen LogP) is 3.95. The molecule has 1 amide bonds. The molecule has 0 aromatic heterocycles. The monoisotopic (exact) mass is 394 g/mol. The standard InChI is InChI=1S/C20H25F3N4O/c1-18(2)9-14(10-19(3,4)27-18)25-12-13(11-24)17(28)26-16-8-6-5-7-15(16)20(21,22)23/h5-8,12,14,25,27H,9-10H2,1-4H3,(H,26,28)/b13-12-. The van der Waals surface area contributed by atoms with Crippen molar-refractivity contribution in [2.75, 3.05) is 5.32 Å². The molecule has 0 saturated carbocycles. The second-order valence-electron chi connectivity index (χ2n) is 8.33. The quantitative estimate of drug-likeness (QED) is 0.534. The van der Waals surface area contributed by atoms with E-state index in [4.69, 9.17) is 0 Å². The molecule has 152 valence electrons. The van der Waals surface area contributed by atoms with Gasteiger partial charge in [0.25, 0.3) is 5.91 Å². The molecule has 0 spiro atoms. The lowest BCUT2D eigenvalue weighted by Crippen LogP contribution is -2.61. The summed E-state index contributed by atoms with van der Waals surface area (Å²) in [6.07, 6.45) is -1.78. The van der Waals surface area contributed by atoms with Crippen molar-refractivity contribution in [2.24, 2.45) is 0 Å². The number of hydrogen-bond donors (Lipinski definition) is 3. The van der Waals surface area contributed by atoms with Crippen LogP contribution in [0.1, 0.15) is 46.1 Å². The van der Waals surface area contributed by atoms with E-state index in [0.717, 1.165) is 25.0 Å². The highest BCUT2D eigenvalue weighted by atomic mass is 19.4. The van der Waals surface area contributed by atoms with Gasteiger partial charge in [-0.15, -0.1) is 0 Å². The van der Waals surface area contributed by atoms with Crippen LogP contribution < -0.4 is 16.0 Å². The molecule has 8 heteroatoms. The van der Waals surface area contributed by atoms with Gasteiger partial charge in [-0.05, 0) is 52.7 Å². The Labute approximate surface area is 163 Å². The number of carbonyl (C=O) groups excluding carboxylic acids is 1. The molecular formula is C20H25F3N4O. The van der Waals surface area contributed by atoms with E-state index in [1.165, 1.54) is 18.3 Å². The first-order chi connectivity index (χ1) is 12.8. The number of para-hydroxylation sites is 1. The van der Waals surface area contributed by atoms with Gasteiger partial charge in [-0.1, -0.05) is 12.1 Å². The van der Waals surface area contributed by atoms with E-state index in [0.29, 0.717) is 0 Å². The zero-order valence-corrected chi connectivity index (χ0v) is 16.4. The predicted molar refractivity (Wildman–Crippen MR) is 101 cm³/mol. The smallest absolute Gasteiger partial charge is 0.387 e. The molecule has 28 heavy (non-hydrogen) atoms. The van der Waals surface area contributed by atoms with E-state index in [-0.39, 0.29) is 28.4 Å². The third-order valence-corrected chi connectivity index (χ3v) is 4.50. The van der Waals surface area contributed by atoms with Crippen LogP contribution in [0.15, 0.2) is 36.0 Å². The summed E-state index contributed by atoms with van der Waals surface area (Å²) in [5.41, 5.74) is -1.89. The molecule has 3 N–H and O–H groups in total. The van der Waals surface area contributed by atoms with Gasteiger partial charge >= 0.3 is 6.18 Å². The van der Waals surface area contributed by atoms with Gasteiger partial charge in [-0.25, -0.2) is 0 Å². The Hall–Kier alpha value is -2.53. The number of nitrogens with zero attached hydrogens (tertiary/aromatic N) is 1. The number of anilines is 1. The lowest BCUT2D eigenvalue weighted by molar-refractivity contribution is -0.137. The third-order valence-electron chi connectivity index (χ3n) is 4.50. The van der Waals surface area contributed by atoms with Crippen molar-refractivity contribution >= 4 is 11.6 Å². The van der Waals surface area contributed by atoms with Crippen molar-refractivity contribution in [3.05, 3.63) is 41.6 Å². The molecule has 1 saturated heterocycles. The number of halogens is 3. The average molecular weight is 394 g/mol. The van der Waals surface area contributed by atoms with Crippen LogP contribution in [0.3, 0.4) is 0 Å². The minimum absolute atomic E-state index is 0.0184. The first kappa shape index (κ1) is 21.8. The molecular weight excluding hydrogens is 369 g/mol. The summed E-state index contributed by atoms with van der Waals surface area (Å²) in [5.74, 6) is -0.890. The fourth-order valence-electron chi connectivity index (χ4n) is 3.82. The van der Waals surface area contributed by atoms with Gasteiger partial charge in [-0.2, -0.15) is 18.4 Å². The summed E-state index contributed by atoms with van der Waals surface area (Å²) in [6, 6.07) is 6.43. The summed E-state index contributed by atoms with van der Waals surface area (Å²) in [7, 11) is 0. The molecule has 0 bridgehead atoms. The van der Waals surface area contributed by atoms with Crippen molar-refractivity contribution < 1.29 is 18.0 Å². The lowest BCUT2D eigenvalue weighted by Gasteiger charge is -2.46. The Bertz CT molecular complexity index is 790. The van der Waals surface area contributed by atoms with E-state index in [1.807, 2.05) is 0 Å². The molecule has 1 aromatic rings. The molecule has 0 aliphatic carbocycles. The maximum Gasteiger partial charge on any atom is 0.418 e. The summed E-state index contributed by atoms with van der Waals surface area (Å²) in [5, 5.41) is 18.1. The van der Waals surface area contributed by atoms with E-state index in [2.05, 4.69) is 43.6 Å². The number of amides is 1. The summed E-state index contributed by atoms with van der Waals surface area (Å²) in [4.78, 5) is 12.3. The lowest BCUT2D eigenvalue weighted by atomic mass is 9.80. The highest BCUT2D eigenvalue weighted by molar-refractivity contribution is 6.06. The Kier molecular flexibility index (Phi) is 6.09. The van der Waals surface area contributed by atoms with Crippen molar-refractivity contribution in [1.82, 2.24) is 10.6 Å². The van der Waals surface area contributed by atoms with E-state index < -0.39 is 17.6 Å². The Morgan fingerprint density at radius 2 is 1.79 bits per heavy atom. The van der Waals surface area contributed by atoms with Crippen LogP contribution in [0.2, 0.25) is 0 Å². The Morgan fingerprint density at radius 3 is 2.32 bits per heavy atom. The fraction of sp³-hybridized carbons (Fsp3) is 0.500. The molecule has 1 aliphatic rings. The average Bonchev–Trinajstić information content (AvgIpc) is 2.52. The number of hydrogen-bond acceptors (Lipinski definition) is 4. The van der Waals surface area contributed by atoms with Gasteiger partial charge in [0.15, 0.2) is 0 Å². The normalized spacial score (nSPS) is 19.6. The molecule has 0 atom stereocenters. The third kappa shape index (κ3) is 5.73. The maximum absolute atomic E-state index is 13.1. The molecule has 5 nitrogen and oxygen atoms in total. The summed E-state index contributed by atoms with van der Waals surface area (Å²) < 4.78 is 39.2. The van der Waals surface area contributed by atoms with Gasteiger partial charge < -0.3 is 16.0 Å². The maximum atomic E-state index is 13.1. The molecule has 1 aliphatic heterocycles. The van der Waals surface area contributed by atoms with E-state index in [9.17, 15) is 23.2 Å². The van der Waals surface area contributed by atoms with Gasteiger partial charge in [0.1, 0.15) is 11.6 Å². The second kappa shape index (κ2) is 7.84. The Morgan fingerprint density at radius 1 is 1.21 bits per heavy atom. The number of nitriles is 1. The summed E-state index contributed by atoms with van der Waals surface area (Å²) in [6.45, 7) is 8.27. The SMILES string of the molecule is CC1(C)CC(N/C=C(/C#N)C(=O)Nc2ccccc2C(F)(F)F)CC(C)(C)N1. The summed E-state index contributed by atoms with van der Waals surface area (Å²) >= 11 is 0. The molecule has 1 aromatic carbocycles. The van der Waals surface area contributed by atoms with Crippen LogP contribution in [-0.4, -0.2) is 23.0 Å². The topological polar surface area (TPSA) is 77.0 Å². The number of nitrogens with one attached hydrogen (secondary N) is 3. The molecule has 2 rings (SSSR count). The van der Waals surface area contributed by atoms with Gasteiger partial charge in [0.05, 0.1) is 11.3 Å². The van der Waals surface area contributed by atoms with E-state index >= 15 is 0 Å². The van der Waals surface area contributed by atoms with Crippen molar-refractivity contribution in [3.8, 4) is 6.07 Å². The van der Waals surface area contributed by atoms with Crippen molar-refractivity contribution in [2.45, 2.75) is 63.8 Å². The highest BCUT2D eigenvalue weighted by Crippen LogP contribution is 2.34. The number of benzene rings is 1. The zero-order chi connectivity index (χ0) is 21.2. The van der Waals surface area contributed by atoms with Crippen molar-refractivity contribution in [1.29, 1.82) is 5.26 Å². The molecule has 1 fully saturated rings.